The zero-order chi connectivity index (χ0) is 20.0. The van der Waals surface area contributed by atoms with Gasteiger partial charge in [-0.15, -0.1) is 16.4 Å². The van der Waals surface area contributed by atoms with Crippen LogP contribution in [0.4, 0.5) is 0 Å². The van der Waals surface area contributed by atoms with Gasteiger partial charge in [0.15, 0.2) is 5.82 Å². The average Bonchev–Trinajstić information content (AvgIpc) is 3.46. The van der Waals surface area contributed by atoms with Crippen molar-refractivity contribution in [1.29, 1.82) is 0 Å². The zero-order valence-electron chi connectivity index (χ0n) is 15.8. The lowest BCUT2D eigenvalue weighted by Crippen LogP contribution is -2.23. The lowest BCUT2D eigenvalue weighted by atomic mass is 9.97. The normalized spacial score (nSPS) is 13.4. The van der Waals surface area contributed by atoms with E-state index in [4.69, 9.17) is 4.74 Å². The van der Waals surface area contributed by atoms with Crippen molar-refractivity contribution in [1.82, 2.24) is 14.6 Å². The maximum absolute atomic E-state index is 12.7. The van der Waals surface area contributed by atoms with Crippen molar-refractivity contribution in [2.75, 3.05) is 7.11 Å². The van der Waals surface area contributed by atoms with Crippen molar-refractivity contribution >= 4 is 44.5 Å². The van der Waals surface area contributed by atoms with E-state index in [-0.39, 0.29) is 11.5 Å². The minimum Gasteiger partial charge on any atom is -0.497 e. The highest BCUT2D eigenvalue weighted by Gasteiger charge is 2.17. The van der Waals surface area contributed by atoms with Crippen LogP contribution in [0.15, 0.2) is 58.7 Å². The molecule has 3 heterocycles. The number of fused-ring (bicyclic) bond motifs is 2. The Morgan fingerprint density at radius 2 is 1.97 bits per heavy atom. The van der Waals surface area contributed by atoms with E-state index in [1.54, 1.807) is 18.4 Å². The molecule has 0 fully saturated rings. The first-order chi connectivity index (χ1) is 14.1. The summed E-state index contributed by atoms with van der Waals surface area (Å²) in [6, 6.07) is 16.3. The van der Waals surface area contributed by atoms with Crippen molar-refractivity contribution in [3.05, 3.63) is 85.1 Å². The highest BCUT2D eigenvalue weighted by Crippen LogP contribution is 2.27. The minimum absolute atomic E-state index is 0.0160. The Balaban J connectivity index is 1.52. The summed E-state index contributed by atoms with van der Waals surface area (Å²) in [5.74, 6) is 1.48. The van der Waals surface area contributed by atoms with Crippen LogP contribution in [-0.2, 0) is 0 Å². The van der Waals surface area contributed by atoms with E-state index in [0.717, 1.165) is 27.0 Å². The minimum atomic E-state index is -0.116. The van der Waals surface area contributed by atoms with Gasteiger partial charge in [-0.2, -0.15) is 4.52 Å². The van der Waals surface area contributed by atoms with Gasteiger partial charge in [-0.3, -0.25) is 4.79 Å². The Kier molecular flexibility index (Phi) is 4.41. The quantitative estimate of drug-likeness (QED) is 0.441. The Bertz CT molecular complexity index is 1430. The van der Waals surface area contributed by atoms with E-state index in [0.29, 0.717) is 15.3 Å². The third-order valence-electron chi connectivity index (χ3n) is 4.97. The summed E-state index contributed by atoms with van der Waals surface area (Å²) in [6.45, 7) is 2.06. The van der Waals surface area contributed by atoms with Crippen molar-refractivity contribution in [2.45, 2.75) is 12.8 Å². The number of aromatic nitrogens is 3. The van der Waals surface area contributed by atoms with E-state index in [2.05, 4.69) is 35.2 Å². The number of thiophene rings is 1. The number of methoxy groups -OCH3 is 1. The number of rotatable bonds is 4. The molecule has 7 heteroatoms. The topological polar surface area (TPSA) is 56.5 Å². The first-order valence-corrected chi connectivity index (χ1v) is 10.8. The average molecular weight is 420 g/mol. The van der Waals surface area contributed by atoms with Crippen LogP contribution in [0.25, 0.3) is 21.8 Å². The molecule has 0 saturated carbocycles. The smallest absolute Gasteiger partial charge is 0.291 e. The standard InChI is InChI=1S/C22H17N3O2S2/c1-13(14-5-6-16-11-17(27-2)8-7-15(16)10-14)20-23-22-25(24-20)21(26)19(29-22)12-18-4-3-9-28-18/h3-13H,1-2H3/b19-12-. The Morgan fingerprint density at radius 3 is 2.72 bits per heavy atom. The maximum atomic E-state index is 12.7. The number of nitrogens with zero attached hydrogens (tertiary/aromatic N) is 3. The summed E-state index contributed by atoms with van der Waals surface area (Å²) in [5, 5.41) is 8.76. The molecule has 5 rings (SSSR count). The second-order valence-corrected chi connectivity index (χ2v) is 8.78. The van der Waals surface area contributed by atoms with E-state index in [9.17, 15) is 4.79 Å². The summed E-state index contributed by atoms with van der Waals surface area (Å²) in [5.41, 5.74) is 0.994. The van der Waals surface area contributed by atoms with Gasteiger partial charge in [0.2, 0.25) is 4.96 Å². The summed E-state index contributed by atoms with van der Waals surface area (Å²) in [6.07, 6.45) is 1.90. The second-order valence-electron chi connectivity index (χ2n) is 6.79. The molecule has 144 valence electrons. The number of benzene rings is 2. The monoisotopic (exact) mass is 419 g/mol. The lowest BCUT2D eigenvalue weighted by molar-refractivity contribution is 0.415. The van der Waals surface area contributed by atoms with Crippen LogP contribution >= 0.6 is 22.7 Å². The van der Waals surface area contributed by atoms with Crippen LogP contribution in [0.5, 0.6) is 5.75 Å². The molecule has 0 aliphatic heterocycles. The molecule has 5 nitrogen and oxygen atoms in total. The van der Waals surface area contributed by atoms with E-state index in [1.165, 1.54) is 15.9 Å². The number of hydrogen-bond donors (Lipinski definition) is 0. The van der Waals surface area contributed by atoms with Gasteiger partial charge in [0.1, 0.15) is 5.75 Å². The SMILES string of the molecule is COc1ccc2cc(C(C)c3nc4s/c(=C\c5cccs5)c(=O)n4n3)ccc2c1. The molecule has 0 N–H and O–H groups in total. The molecular weight excluding hydrogens is 402 g/mol. The van der Waals surface area contributed by atoms with Crippen LogP contribution in [0, 0.1) is 0 Å². The van der Waals surface area contributed by atoms with Gasteiger partial charge in [0.25, 0.3) is 5.56 Å². The number of ether oxygens (including phenoxy) is 1. The molecule has 0 aliphatic rings. The van der Waals surface area contributed by atoms with Crippen molar-refractivity contribution < 1.29 is 4.74 Å². The van der Waals surface area contributed by atoms with Crippen molar-refractivity contribution in [3.8, 4) is 5.75 Å². The largest absolute Gasteiger partial charge is 0.497 e. The Morgan fingerprint density at radius 1 is 1.14 bits per heavy atom. The molecule has 0 bridgehead atoms. The predicted molar refractivity (Wildman–Crippen MR) is 118 cm³/mol. The highest BCUT2D eigenvalue weighted by molar-refractivity contribution is 7.15. The van der Waals surface area contributed by atoms with Crippen LogP contribution in [-0.4, -0.2) is 21.7 Å². The molecule has 0 aliphatic carbocycles. The molecule has 1 atom stereocenters. The van der Waals surface area contributed by atoms with E-state index >= 15 is 0 Å². The number of thiazole rings is 1. The third-order valence-corrected chi connectivity index (χ3v) is 6.75. The molecule has 0 spiro atoms. The van der Waals surface area contributed by atoms with Crippen molar-refractivity contribution in [2.24, 2.45) is 0 Å². The Hall–Kier alpha value is -3.03. The van der Waals surface area contributed by atoms with Crippen LogP contribution in [0.1, 0.15) is 29.1 Å². The summed E-state index contributed by atoms with van der Waals surface area (Å²) < 4.78 is 7.37. The summed E-state index contributed by atoms with van der Waals surface area (Å²) >= 11 is 2.98. The zero-order valence-corrected chi connectivity index (χ0v) is 17.5. The number of hydrogen-bond acceptors (Lipinski definition) is 6. The van der Waals surface area contributed by atoms with Gasteiger partial charge in [-0.1, -0.05) is 48.6 Å². The fourth-order valence-electron chi connectivity index (χ4n) is 3.32. The maximum Gasteiger partial charge on any atom is 0.291 e. The lowest BCUT2D eigenvalue weighted by Gasteiger charge is -2.10. The highest BCUT2D eigenvalue weighted by atomic mass is 32.1. The third kappa shape index (κ3) is 3.22. The fourth-order valence-corrected chi connectivity index (χ4v) is 4.96. The van der Waals surface area contributed by atoms with Crippen LogP contribution < -0.4 is 14.8 Å². The van der Waals surface area contributed by atoms with Gasteiger partial charge in [0.05, 0.1) is 11.6 Å². The molecule has 0 amide bonds. The van der Waals surface area contributed by atoms with Crippen LogP contribution in [0.3, 0.4) is 0 Å². The first-order valence-electron chi connectivity index (χ1n) is 9.15. The molecule has 1 unspecified atom stereocenters. The van der Waals surface area contributed by atoms with Gasteiger partial charge in [0, 0.05) is 10.8 Å². The summed E-state index contributed by atoms with van der Waals surface area (Å²) in [4.78, 5) is 19.0. The second kappa shape index (κ2) is 7.09. The van der Waals surface area contributed by atoms with Crippen molar-refractivity contribution in [3.63, 3.8) is 0 Å². The molecule has 3 aromatic heterocycles. The predicted octanol–water partition coefficient (Wildman–Crippen LogP) is 4.07. The fraction of sp³-hybridized carbons (Fsp3) is 0.136. The van der Waals surface area contributed by atoms with Gasteiger partial charge in [-0.25, -0.2) is 4.98 Å². The molecular formula is C22H17N3O2S2. The van der Waals surface area contributed by atoms with Crippen LogP contribution in [0.2, 0.25) is 0 Å². The molecule has 0 radical (unpaired) electrons. The van der Waals surface area contributed by atoms with Gasteiger partial charge in [-0.05, 0) is 46.0 Å². The molecule has 2 aromatic carbocycles. The first kappa shape index (κ1) is 18.0. The molecule has 5 aromatic rings. The molecule has 0 saturated heterocycles. The Labute approximate surface area is 174 Å². The van der Waals surface area contributed by atoms with Gasteiger partial charge >= 0.3 is 0 Å². The van der Waals surface area contributed by atoms with Gasteiger partial charge < -0.3 is 4.74 Å². The molecule has 29 heavy (non-hydrogen) atoms. The van der Waals surface area contributed by atoms with E-state index in [1.807, 2.05) is 41.8 Å². The summed E-state index contributed by atoms with van der Waals surface area (Å²) in [7, 11) is 1.67. The van der Waals surface area contributed by atoms with E-state index < -0.39 is 0 Å².